The number of methoxy groups -OCH3 is 1. The Morgan fingerprint density at radius 1 is 1.16 bits per heavy atom. The lowest BCUT2D eigenvalue weighted by Gasteiger charge is -2.30. The van der Waals surface area contributed by atoms with Crippen LogP contribution >= 0.6 is 15.9 Å². The highest BCUT2D eigenvalue weighted by atomic mass is 79.9. The van der Waals surface area contributed by atoms with Crippen LogP contribution < -0.4 is 10.1 Å². The molecule has 31 heavy (non-hydrogen) atoms. The number of rotatable bonds is 10. The second-order valence-electron chi connectivity index (χ2n) is 8.04. The normalized spacial score (nSPS) is 11.7. The molecular weight excluding hydrogens is 459 g/mol. The van der Waals surface area contributed by atoms with E-state index in [1.54, 1.807) is 19.2 Å². The Hall–Kier alpha value is -2.18. The average molecular weight is 491 g/mol. The zero-order chi connectivity index (χ0) is 23.0. The van der Waals surface area contributed by atoms with Crippen molar-refractivity contribution in [3.63, 3.8) is 0 Å². The quantitative estimate of drug-likeness (QED) is 0.397. The van der Waals surface area contributed by atoms with E-state index < -0.39 is 0 Å². The number of hydrogen-bond acceptors (Lipinski definition) is 3. The van der Waals surface area contributed by atoms with Crippen molar-refractivity contribution in [1.29, 1.82) is 0 Å². The number of anilines is 1. The Morgan fingerprint density at radius 2 is 1.87 bits per heavy atom. The molecule has 0 aliphatic carbocycles. The lowest BCUT2D eigenvalue weighted by Crippen LogP contribution is -2.37. The molecule has 1 N–H and O–H groups in total. The van der Waals surface area contributed by atoms with Gasteiger partial charge in [0.25, 0.3) is 0 Å². The van der Waals surface area contributed by atoms with Crippen molar-refractivity contribution in [3.8, 4) is 5.75 Å². The molecule has 168 valence electrons. The number of carbonyl (C=O) groups excluding carboxylic acids is 1. The molecule has 0 saturated carbocycles. The van der Waals surface area contributed by atoms with Gasteiger partial charge in [0.1, 0.15) is 11.6 Å². The highest BCUT2D eigenvalue weighted by Crippen LogP contribution is 2.24. The number of aryl methyl sites for hydroxylation is 1. The van der Waals surface area contributed by atoms with Crippen molar-refractivity contribution in [2.45, 2.75) is 52.6 Å². The molecule has 0 bridgehead atoms. The topological polar surface area (TPSA) is 41.6 Å². The molecule has 1 amide bonds. The van der Waals surface area contributed by atoms with Gasteiger partial charge in [0.05, 0.1) is 7.11 Å². The highest BCUT2D eigenvalue weighted by molar-refractivity contribution is 9.10. The van der Waals surface area contributed by atoms with Crippen LogP contribution in [-0.2, 0) is 11.2 Å². The lowest BCUT2D eigenvalue weighted by molar-refractivity contribution is -0.111. The molecule has 0 spiro atoms. The summed E-state index contributed by atoms with van der Waals surface area (Å²) in [6.45, 7) is 9.85. The van der Waals surface area contributed by atoms with E-state index in [0.717, 1.165) is 30.7 Å². The third-order valence-corrected chi connectivity index (χ3v) is 5.61. The first kappa shape index (κ1) is 25.1. The Balaban J connectivity index is 2.03. The number of benzene rings is 2. The maximum atomic E-state index is 13.9. The first-order valence-electron chi connectivity index (χ1n) is 10.6. The van der Waals surface area contributed by atoms with E-state index in [1.807, 2.05) is 18.2 Å². The van der Waals surface area contributed by atoms with Gasteiger partial charge < -0.3 is 10.1 Å². The number of nitrogens with one attached hydrogen (secondary N) is 1. The molecule has 0 aliphatic heterocycles. The van der Waals surface area contributed by atoms with Crippen LogP contribution in [0.5, 0.6) is 5.75 Å². The number of ether oxygens (including phenoxy) is 1. The van der Waals surface area contributed by atoms with Crippen LogP contribution in [-0.4, -0.2) is 36.5 Å². The van der Waals surface area contributed by atoms with Crippen LogP contribution in [0.15, 0.2) is 46.9 Å². The van der Waals surface area contributed by atoms with E-state index in [1.165, 1.54) is 18.2 Å². The van der Waals surface area contributed by atoms with Gasteiger partial charge in [-0.2, -0.15) is 0 Å². The summed E-state index contributed by atoms with van der Waals surface area (Å²) in [5.74, 6) is 0.109. The van der Waals surface area contributed by atoms with E-state index in [4.69, 9.17) is 4.74 Å². The van der Waals surface area contributed by atoms with Crippen LogP contribution in [0.1, 0.15) is 45.2 Å². The summed E-state index contributed by atoms with van der Waals surface area (Å²) in [5.41, 5.74) is 2.09. The van der Waals surface area contributed by atoms with Crippen molar-refractivity contribution in [2.24, 2.45) is 0 Å². The van der Waals surface area contributed by atoms with Gasteiger partial charge in [-0.1, -0.05) is 22.0 Å². The number of hydrogen-bond donors (Lipinski definition) is 1. The van der Waals surface area contributed by atoms with E-state index in [9.17, 15) is 9.18 Å². The van der Waals surface area contributed by atoms with E-state index in [-0.39, 0.29) is 11.7 Å². The van der Waals surface area contributed by atoms with Gasteiger partial charge in [-0.15, -0.1) is 0 Å². The molecule has 0 heterocycles. The van der Waals surface area contributed by atoms with Gasteiger partial charge in [-0.05, 0) is 89.1 Å². The molecule has 0 aromatic heterocycles. The standard InChI is InChI=1S/C25H32BrFN2O2/c1-17(2)29(18(3)4)14-6-7-20-15-22(11-12-24(20)31-5)28-25(30)13-9-19-8-10-21(26)16-23(19)27/h8-13,15-18H,6-7,14H2,1-5H3,(H,28,30)/b13-9+. The predicted octanol–water partition coefficient (Wildman–Crippen LogP) is 6.30. The fourth-order valence-electron chi connectivity index (χ4n) is 3.60. The summed E-state index contributed by atoms with van der Waals surface area (Å²) in [4.78, 5) is 14.8. The van der Waals surface area contributed by atoms with Crippen molar-refractivity contribution in [1.82, 2.24) is 4.90 Å². The third kappa shape index (κ3) is 7.78. The molecule has 0 atom stereocenters. The van der Waals surface area contributed by atoms with Crippen LogP contribution in [0.2, 0.25) is 0 Å². The van der Waals surface area contributed by atoms with Gasteiger partial charge >= 0.3 is 0 Å². The maximum Gasteiger partial charge on any atom is 0.248 e. The Morgan fingerprint density at radius 3 is 2.48 bits per heavy atom. The first-order chi connectivity index (χ1) is 14.7. The molecule has 2 aromatic carbocycles. The fourth-order valence-corrected chi connectivity index (χ4v) is 3.94. The molecule has 0 saturated heterocycles. The number of nitrogens with zero attached hydrogens (tertiary/aromatic N) is 1. The van der Waals surface area contributed by atoms with E-state index in [0.29, 0.717) is 27.8 Å². The van der Waals surface area contributed by atoms with Crippen molar-refractivity contribution < 1.29 is 13.9 Å². The number of amides is 1. The highest BCUT2D eigenvalue weighted by Gasteiger charge is 2.13. The molecule has 2 rings (SSSR count). The first-order valence-corrected chi connectivity index (χ1v) is 11.4. The minimum Gasteiger partial charge on any atom is -0.496 e. The van der Waals surface area contributed by atoms with Crippen LogP contribution in [0.3, 0.4) is 0 Å². The van der Waals surface area contributed by atoms with Gasteiger partial charge in [-0.3, -0.25) is 9.69 Å². The van der Waals surface area contributed by atoms with Crippen molar-refractivity contribution in [3.05, 3.63) is 63.9 Å². The average Bonchev–Trinajstić information content (AvgIpc) is 2.70. The van der Waals surface area contributed by atoms with Gasteiger partial charge in [0, 0.05) is 33.9 Å². The molecular formula is C25H32BrFN2O2. The Kier molecular flexibility index (Phi) is 9.72. The molecule has 0 aliphatic rings. The van der Waals surface area contributed by atoms with Crippen molar-refractivity contribution in [2.75, 3.05) is 19.0 Å². The zero-order valence-electron chi connectivity index (χ0n) is 18.9. The van der Waals surface area contributed by atoms with Gasteiger partial charge in [0.15, 0.2) is 0 Å². The molecule has 6 heteroatoms. The summed E-state index contributed by atoms with van der Waals surface area (Å²) in [7, 11) is 1.65. The monoisotopic (exact) mass is 490 g/mol. The molecule has 0 radical (unpaired) electrons. The Labute approximate surface area is 193 Å². The smallest absolute Gasteiger partial charge is 0.248 e. The van der Waals surface area contributed by atoms with Crippen LogP contribution in [0.4, 0.5) is 10.1 Å². The molecule has 0 unspecified atom stereocenters. The minimum absolute atomic E-state index is 0.316. The second kappa shape index (κ2) is 12.0. The summed E-state index contributed by atoms with van der Waals surface area (Å²) in [5, 5.41) is 2.85. The molecule has 4 nitrogen and oxygen atoms in total. The maximum absolute atomic E-state index is 13.9. The Bertz CT molecular complexity index is 904. The zero-order valence-corrected chi connectivity index (χ0v) is 20.5. The van der Waals surface area contributed by atoms with E-state index >= 15 is 0 Å². The summed E-state index contributed by atoms with van der Waals surface area (Å²) < 4.78 is 20.1. The van der Waals surface area contributed by atoms with Crippen molar-refractivity contribution >= 4 is 33.6 Å². The number of halogens is 2. The largest absolute Gasteiger partial charge is 0.496 e. The SMILES string of the molecule is COc1ccc(NC(=O)/C=C/c2ccc(Br)cc2F)cc1CCCN(C(C)C)C(C)C. The van der Waals surface area contributed by atoms with Gasteiger partial charge in [0.2, 0.25) is 5.91 Å². The van der Waals surface area contributed by atoms with Gasteiger partial charge in [-0.25, -0.2) is 4.39 Å². The van der Waals surface area contributed by atoms with Crippen LogP contribution in [0, 0.1) is 5.82 Å². The molecule has 2 aromatic rings. The third-order valence-electron chi connectivity index (χ3n) is 5.11. The summed E-state index contributed by atoms with van der Waals surface area (Å²) in [6, 6.07) is 11.3. The summed E-state index contributed by atoms with van der Waals surface area (Å²) >= 11 is 3.22. The predicted molar refractivity (Wildman–Crippen MR) is 130 cm³/mol. The van der Waals surface area contributed by atoms with E-state index in [2.05, 4.69) is 53.8 Å². The molecule has 0 fully saturated rings. The summed E-state index contributed by atoms with van der Waals surface area (Å²) in [6.07, 6.45) is 4.64. The number of carbonyl (C=O) groups is 1. The second-order valence-corrected chi connectivity index (χ2v) is 8.96. The van der Waals surface area contributed by atoms with Crippen LogP contribution in [0.25, 0.3) is 6.08 Å². The minimum atomic E-state index is -0.387. The fraction of sp³-hybridized carbons (Fsp3) is 0.400. The lowest BCUT2D eigenvalue weighted by atomic mass is 10.1.